The van der Waals surface area contributed by atoms with E-state index in [4.69, 9.17) is 0 Å². The highest BCUT2D eigenvalue weighted by molar-refractivity contribution is 5.82. The lowest BCUT2D eigenvalue weighted by molar-refractivity contribution is -0.120. The van der Waals surface area contributed by atoms with Crippen LogP contribution in [-0.4, -0.2) is 37.1 Å². The number of hydrogen-bond donors (Lipinski definition) is 2. The van der Waals surface area contributed by atoms with E-state index in [0.717, 1.165) is 31.9 Å². The Balaban J connectivity index is 1.92. The summed E-state index contributed by atoms with van der Waals surface area (Å²) in [6.45, 7) is 5.94. The maximum absolute atomic E-state index is 11.3. The number of aromatic nitrogens is 1. The van der Waals surface area contributed by atoms with E-state index in [0.29, 0.717) is 13.1 Å². The Bertz CT molecular complexity index is 390. The van der Waals surface area contributed by atoms with Gasteiger partial charge in [-0.2, -0.15) is 0 Å². The summed E-state index contributed by atoms with van der Waals surface area (Å²) >= 11 is 0. The number of carbonyl (C=O) groups excluding carboxylic acids is 1. The lowest BCUT2D eigenvalue weighted by Crippen LogP contribution is -2.48. The summed E-state index contributed by atoms with van der Waals surface area (Å²) in [5, 5.41) is 6.15. The van der Waals surface area contributed by atoms with Crippen LogP contribution in [0.5, 0.6) is 0 Å². The second-order valence-electron chi connectivity index (χ2n) is 4.47. The molecule has 0 unspecified atom stereocenters. The molecule has 0 aliphatic carbocycles. The number of carbonyl (C=O) groups is 1. The summed E-state index contributed by atoms with van der Waals surface area (Å²) in [6, 6.07) is 4.05. The van der Waals surface area contributed by atoms with Gasteiger partial charge in [0, 0.05) is 25.8 Å². The van der Waals surface area contributed by atoms with E-state index in [-0.39, 0.29) is 5.91 Å². The molecule has 1 fully saturated rings. The van der Waals surface area contributed by atoms with Crippen molar-refractivity contribution in [1.82, 2.24) is 15.6 Å². The van der Waals surface area contributed by atoms with Crippen LogP contribution >= 0.6 is 0 Å². The second kappa shape index (κ2) is 6.35. The maximum atomic E-state index is 11.3. The molecular weight excluding hydrogens is 228 g/mol. The Morgan fingerprint density at radius 1 is 1.50 bits per heavy atom. The first-order valence-corrected chi connectivity index (χ1v) is 6.47. The number of amides is 1. The summed E-state index contributed by atoms with van der Waals surface area (Å²) in [5.74, 6) is 0.945. The molecule has 98 valence electrons. The van der Waals surface area contributed by atoms with E-state index in [1.807, 2.05) is 17.2 Å². The van der Waals surface area contributed by atoms with Crippen LogP contribution < -0.4 is 15.5 Å². The summed E-state index contributed by atoms with van der Waals surface area (Å²) in [6.07, 6.45) is 3.01. The minimum atomic E-state index is 0.0664. The normalized spacial score (nSPS) is 15.6. The molecule has 0 radical (unpaired) electrons. The van der Waals surface area contributed by atoms with Gasteiger partial charge in [0.05, 0.1) is 6.54 Å². The highest BCUT2D eigenvalue weighted by Gasteiger charge is 2.16. The van der Waals surface area contributed by atoms with Crippen LogP contribution in [0.4, 0.5) is 5.82 Å². The van der Waals surface area contributed by atoms with Crippen molar-refractivity contribution in [3.8, 4) is 0 Å². The van der Waals surface area contributed by atoms with Crippen LogP contribution in [0.2, 0.25) is 0 Å². The van der Waals surface area contributed by atoms with Gasteiger partial charge >= 0.3 is 0 Å². The minimum absolute atomic E-state index is 0.0664. The number of rotatable bonds is 5. The van der Waals surface area contributed by atoms with Gasteiger partial charge in [-0.1, -0.05) is 13.0 Å². The van der Waals surface area contributed by atoms with E-state index in [9.17, 15) is 4.79 Å². The molecule has 5 heteroatoms. The van der Waals surface area contributed by atoms with Crippen LogP contribution in [-0.2, 0) is 11.3 Å². The van der Waals surface area contributed by atoms with Crippen molar-refractivity contribution in [3.05, 3.63) is 23.9 Å². The predicted octanol–water partition coefficient (Wildman–Crippen LogP) is 0.517. The van der Waals surface area contributed by atoms with Crippen molar-refractivity contribution in [3.63, 3.8) is 0 Å². The van der Waals surface area contributed by atoms with E-state index in [1.165, 1.54) is 5.56 Å². The molecule has 2 N–H and O–H groups in total. The Kier molecular flexibility index (Phi) is 4.52. The van der Waals surface area contributed by atoms with Crippen molar-refractivity contribution >= 4 is 11.7 Å². The quantitative estimate of drug-likeness (QED) is 0.746. The lowest BCUT2D eigenvalue weighted by atomic mass is 10.2. The number of pyridine rings is 1. The van der Waals surface area contributed by atoms with Crippen LogP contribution in [0.15, 0.2) is 18.3 Å². The van der Waals surface area contributed by atoms with Crippen LogP contribution in [0, 0.1) is 0 Å². The van der Waals surface area contributed by atoms with Crippen molar-refractivity contribution in [2.24, 2.45) is 0 Å². The van der Waals surface area contributed by atoms with Gasteiger partial charge in [-0.3, -0.25) is 4.79 Å². The molecule has 0 spiro atoms. The molecule has 1 aromatic heterocycles. The fraction of sp³-hybridized carbons (Fsp3) is 0.538. The minimum Gasteiger partial charge on any atom is -0.353 e. The van der Waals surface area contributed by atoms with E-state index < -0.39 is 0 Å². The van der Waals surface area contributed by atoms with Gasteiger partial charge in [-0.25, -0.2) is 4.98 Å². The molecule has 5 nitrogen and oxygen atoms in total. The summed E-state index contributed by atoms with van der Waals surface area (Å²) < 4.78 is 0. The fourth-order valence-corrected chi connectivity index (χ4v) is 1.95. The Morgan fingerprint density at radius 3 is 3.06 bits per heavy atom. The monoisotopic (exact) mass is 248 g/mol. The number of piperazine rings is 1. The van der Waals surface area contributed by atoms with Crippen molar-refractivity contribution in [1.29, 1.82) is 0 Å². The smallest absolute Gasteiger partial charge is 0.239 e. The number of nitrogens with one attached hydrogen (secondary N) is 2. The first-order chi connectivity index (χ1) is 8.79. The fourth-order valence-electron chi connectivity index (χ4n) is 1.95. The zero-order valence-corrected chi connectivity index (χ0v) is 10.8. The standard InChI is InChI=1S/C13H20N4O/c1-2-5-14-8-11-3-4-12(16-9-11)17-7-6-15-13(18)10-17/h3-4,9,14H,2,5-8,10H2,1H3,(H,15,18). The molecule has 0 atom stereocenters. The molecule has 2 rings (SSSR count). The molecule has 1 amide bonds. The highest BCUT2D eigenvalue weighted by Crippen LogP contribution is 2.12. The molecular formula is C13H20N4O. The molecule has 0 saturated carbocycles. The van der Waals surface area contributed by atoms with Gasteiger partial charge < -0.3 is 15.5 Å². The molecule has 0 bridgehead atoms. The van der Waals surface area contributed by atoms with Crippen LogP contribution in [0.1, 0.15) is 18.9 Å². The number of anilines is 1. The average Bonchev–Trinajstić information content (AvgIpc) is 2.40. The SMILES string of the molecule is CCCNCc1ccc(N2CCNC(=O)C2)nc1. The molecule has 18 heavy (non-hydrogen) atoms. The highest BCUT2D eigenvalue weighted by atomic mass is 16.2. The Morgan fingerprint density at radius 2 is 2.39 bits per heavy atom. The van der Waals surface area contributed by atoms with Gasteiger partial charge in [0.1, 0.15) is 5.82 Å². The number of hydrogen-bond acceptors (Lipinski definition) is 4. The third-order valence-corrected chi connectivity index (χ3v) is 2.93. The number of nitrogens with zero attached hydrogens (tertiary/aromatic N) is 2. The third kappa shape index (κ3) is 3.43. The maximum Gasteiger partial charge on any atom is 0.239 e. The van der Waals surface area contributed by atoms with E-state index >= 15 is 0 Å². The van der Waals surface area contributed by atoms with Gasteiger partial charge in [0.15, 0.2) is 0 Å². The van der Waals surface area contributed by atoms with Gasteiger partial charge in [-0.15, -0.1) is 0 Å². The zero-order valence-electron chi connectivity index (χ0n) is 10.8. The van der Waals surface area contributed by atoms with Crippen molar-refractivity contribution < 1.29 is 4.79 Å². The lowest BCUT2D eigenvalue weighted by Gasteiger charge is -2.27. The first kappa shape index (κ1) is 12.8. The van der Waals surface area contributed by atoms with Gasteiger partial charge in [0.25, 0.3) is 0 Å². The molecule has 2 heterocycles. The average molecular weight is 248 g/mol. The molecule has 1 saturated heterocycles. The van der Waals surface area contributed by atoms with E-state index in [1.54, 1.807) is 0 Å². The van der Waals surface area contributed by atoms with Gasteiger partial charge in [0.2, 0.25) is 5.91 Å². The Labute approximate surface area is 108 Å². The largest absolute Gasteiger partial charge is 0.353 e. The van der Waals surface area contributed by atoms with E-state index in [2.05, 4.69) is 28.6 Å². The summed E-state index contributed by atoms with van der Waals surface area (Å²) in [4.78, 5) is 17.7. The van der Waals surface area contributed by atoms with Crippen LogP contribution in [0.3, 0.4) is 0 Å². The molecule has 1 aliphatic rings. The van der Waals surface area contributed by atoms with Crippen molar-refractivity contribution in [2.45, 2.75) is 19.9 Å². The van der Waals surface area contributed by atoms with Gasteiger partial charge in [-0.05, 0) is 24.6 Å². The molecule has 1 aliphatic heterocycles. The summed E-state index contributed by atoms with van der Waals surface area (Å²) in [5.41, 5.74) is 1.17. The zero-order chi connectivity index (χ0) is 12.8. The second-order valence-corrected chi connectivity index (χ2v) is 4.47. The Hall–Kier alpha value is -1.62. The molecule has 0 aromatic carbocycles. The van der Waals surface area contributed by atoms with Crippen LogP contribution in [0.25, 0.3) is 0 Å². The summed E-state index contributed by atoms with van der Waals surface area (Å²) in [7, 11) is 0. The predicted molar refractivity (Wildman–Crippen MR) is 71.5 cm³/mol. The topological polar surface area (TPSA) is 57.3 Å². The molecule has 1 aromatic rings. The first-order valence-electron chi connectivity index (χ1n) is 6.47. The van der Waals surface area contributed by atoms with Crippen molar-refractivity contribution in [2.75, 3.05) is 31.1 Å². The third-order valence-electron chi connectivity index (χ3n) is 2.93.